The lowest BCUT2D eigenvalue weighted by atomic mass is 10.1. The van der Waals surface area contributed by atoms with E-state index >= 15 is 0 Å². The molecular formula is C18H18N2. The van der Waals surface area contributed by atoms with E-state index in [2.05, 4.69) is 66.6 Å². The molecule has 3 aromatic rings. The van der Waals surface area contributed by atoms with Gasteiger partial charge in [-0.15, -0.1) is 0 Å². The van der Waals surface area contributed by atoms with Crippen LogP contribution in [0.1, 0.15) is 16.7 Å². The van der Waals surface area contributed by atoms with Gasteiger partial charge in [-0.1, -0.05) is 36.4 Å². The largest absolute Gasteiger partial charge is 0.379 e. The average Bonchev–Trinajstić information content (AvgIpc) is 2.48. The van der Waals surface area contributed by atoms with E-state index in [0.29, 0.717) is 0 Å². The van der Waals surface area contributed by atoms with Gasteiger partial charge >= 0.3 is 0 Å². The molecule has 3 rings (SSSR count). The van der Waals surface area contributed by atoms with Crippen LogP contribution in [-0.2, 0) is 6.54 Å². The van der Waals surface area contributed by atoms with E-state index < -0.39 is 0 Å². The zero-order chi connectivity index (χ0) is 13.9. The SMILES string of the molecule is Cc1ccc(CNc2cccc3cccnc23)cc1C. The molecule has 100 valence electrons. The Morgan fingerprint density at radius 3 is 2.65 bits per heavy atom. The highest BCUT2D eigenvalue weighted by Gasteiger charge is 2.02. The molecule has 0 saturated carbocycles. The van der Waals surface area contributed by atoms with E-state index in [0.717, 1.165) is 23.1 Å². The van der Waals surface area contributed by atoms with Crippen molar-refractivity contribution in [2.24, 2.45) is 0 Å². The summed E-state index contributed by atoms with van der Waals surface area (Å²) in [5, 5.41) is 4.65. The number of para-hydroxylation sites is 1. The first-order valence-corrected chi connectivity index (χ1v) is 6.88. The summed E-state index contributed by atoms with van der Waals surface area (Å²) < 4.78 is 0. The van der Waals surface area contributed by atoms with Crippen LogP contribution in [0.2, 0.25) is 0 Å². The highest BCUT2D eigenvalue weighted by Crippen LogP contribution is 2.21. The number of benzene rings is 2. The van der Waals surface area contributed by atoms with Crippen molar-refractivity contribution in [3.05, 3.63) is 71.4 Å². The number of anilines is 1. The van der Waals surface area contributed by atoms with Crippen molar-refractivity contribution < 1.29 is 0 Å². The Kier molecular flexibility index (Phi) is 3.38. The summed E-state index contributed by atoms with van der Waals surface area (Å²) in [5.41, 5.74) is 6.07. The van der Waals surface area contributed by atoms with Crippen LogP contribution in [0.5, 0.6) is 0 Å². The quantitative estimate of drug-likeness (QED) is 0.753. The molecule has 1 aromatic heterocycles. The van der Waals surface area contributed by atoms with Crippen LogP contribution in [0.25, 0.3) is 10.9 Å². The van der Waals surface area contributed by atoms with E-state index in [9.17, 15) is 0 Å². The lowest BCUT2D eigenvalue weighted by molar-refractivity contribution is 1.13. The maximum absolute atomic E-state index is 4.46. The van der Waals surface area contributed by atoms with Crippen molar-refractivity contribution in [2.45, 2.75) is 20.4 Å². The lowest BCUT2D eigenvalue weighted by Crippen LogP contribution is -2.01. The van der Waals surface area contributed by atoms with E-state index in [1.807, 2.05) is 12.3 Å². The van der Waals surface area contributed by atoms with Crippen LogP contribution in [0.15, 0.2) is 54.7 Å². The molecule has 2 heteroatoms. The summed E-state index contributed by atoms with van der Waals surface area (Å²) in [7, 11) is 0. The molecule has 1 heterocycles. The zero-order valence-corrected chi connectivity index (χ0v) is 11.9. The summed E-state index contributed by atoms with van der Waals surface area (Å²) >= 11 is 0. The van der Waals surface area contributed by atoms with Crippen molar-refractivity contribution in [3.63, 3.8) is 0 Å². The summed E-state index contributed by atoms with van der Waals surface area (Å²) in [5.74, 6) is 0. The molecular weight excluding hydrogens is 244 g/mol. The fourth-order valence-electron chi connectivity index (χ4n) is 2.36. The molecule has 0 atom stereocenters. The summed E-state index contributed by atoms with van der Waals surface area (Å²) in [6.07, 6.45) is 1.84. The van der Waals surface area contributed by atoms with E-state index in [1.165, 1.54) is 16.7 Å². The smallest absolute Gasteiger partial charge is 0.0933 e. The third-order valence-electron chi connectivity index (χ3n) is 3.69. The van der Waals surface area contributed by atoms with Crippen molar-refractivity contribution >= 4 is 16.6 Å². The minimum atomic E-state index is 0.816. The minimum absolute atomic E-state index is 0.816. The predicted octanol–water partition coefficient (Wildman–Crippen LogP) is 4.46. The Bertz CT molecular complexity index is 742. The number of nitrogens with zero attached hydrogens (tertiary/aromatic N) is 1. The number of rotatable bonds is 3. The topological polar surface area (TPSA) is 24.9 Å². The molecule has 0 saturated heterocycles. The number of hydrogen-bond acceptors (Lipinski definition) is 2. The number of aromatic nitrogens is 1. The molecule has 0 unspecified atom stereocenters. The van der Waals surface area contributed by atoms with Gasteiger partial charge in [0.2, 0.25) is 0 Å². The van der Waals surface area contributed by atoms with Gasteiger partial charge in [-0.2, -0.15) is 0 Å². The molecule has 0 spiro atoms. The van der Waals surface area contributed by atoms with Crippen molar-refractivity contribution in [3.8, 4) is 0 Å². The predicted molar refractivity (Wildman–Crippen MR) is 85.0 cm³/mol. The molecule has 1 N–H and O–H groups in total. The highest BCUT2D eigenvalue weighted by molar-refractivity contribution is 5.90. The van der Waals surface area contributed by atoms with E-state index in [-0.39, 0.29) is 0 Å². The Morgan fingerprint density at radius 1 is 0.950 bits per heavy atom. The average molecular weight is 262 g/mol. The van der Waals surface area contributed by atoms with Gasteiger partial charge in [0.05, 0.1) is 11.2 Å². The van der Waals surface area contributed by atoms with Gasteiger partial charge in [0.25, 0.3) is 0 Å². The third-order valence-corrected chi connectivity index (χ3v) is 3.69. The van der Waals surface area contributed by atoms with Crippen LogP contribution in [-0.4, -0.2) is 4.98 Å². The fourth-order valence-corrected chi connectivity index (χ4v) is 2.36. The number of fused-ring (bicyclic) bond motifs is 1. The fraction of sp³-hybridized carbons (Fsp3) is 0.167. The first-order valence-electron chi connectivity index (χ1n) is 6.88. The molecule has 0 bridgehead atoms. The minimum Gasteiger partial charge on any atom is -0.379 e. The third kappa shape index (κ3) is 2.50. The van der Waals surface area contributed by atoms with E-state index in [1.54, 1.807) is 0 Å². The maximum Gasteiger partial charge on any atom is 0.0933 e. The van der Waals surface area contributed by atoms with Gasteiger partial charge in [-0.25, -0.2) is 0 Å². The number of pyridine rings is 1. The number of hydrogen-bond donors (Lipinski definition) is 1. The number of nitrogens with one attached hydrogen (secondary N) is 1. The Hall–Kier alpha value is -2.35. The zero-order valence-electron chi connectivity index (χ0n) is 11.9. The van der Waals surface area contributed by atoms with Crippen LogP contribution in [0.4, 0.5) is 5.69 Å². The monoisotopic (exact) mass is 262 g/mol. The second kappa shape index (κ2) is 5.33. The van der Waals surface area contributed by atoms with Gasteiger partial charge in [0.15, 0.2) is 0 Å². The van der Waals surface area contributed by atoms with Gasteiger partial charge in [-0.3, -0.25) is 4.98 Å². The van der Waals surface area contributed by atoms with Crippen molar-refractivity contribution in [1.82, 2.24) is 4.98 Å². The molecule has 2 aromatic carbocycles. The normalized spacial score (nSPS) is 10.7. The lowest BCUT2D eigenvalue weighted by Gasteiger charge is -2.10. The van der Waals surface area contributed by atoms with Gasteiger partial charge < -0.3 is 5.32 Å². The Morgan fingerprint density at radius 2 is 1.80 bits per heavy atom. The molecule has 0 amide bonds. The molecule has 0 aliphatic rings. The van der Waals surface area contributed by atoms with Crippen molar-refractivity contribution in [2.75, 3.05) is 5.32 Å². The molecule has 0 aliphatic carbocycles. The standard InChI is InChI=1S/C18H18N2/c1-13-8-9-15(11-14(13)2)12-20-17-7-3-5-16-6-4-10-19-18(16)17/h3-11,20H,12H2,1-2H3. The second-order valence-electron chi connectivity index (χ2n) is 5.15. The van der Waals surface area contributed by atoms with Gasteiger partial charge in [0.1, 0.15) is 0 Å². The van der Waals surface area contributed by atoms with Crippen LogP contribution in [0.3, 0.4) is 0 Å². The molecule has 2 nitrogen and oxygen atoms in total. The van der Waals surface area contributed by atoms with Crippen LogP contribution >= 0.6 is 0 Å². The van der Waals surface area contributed by atoms with Crippen LogP contribution < -0.4 is 5.32 Å². The summed E-state index contributed by atoms with van der Waals surface area (Å²) in [4.78, 5) is 4.46. The Labute approximate surface area is 119 Å². The highest BCUT2D eigenvalue weighted by atomic mass is 14.9. The molecule has 0 radical (unpaired) electrons. The molecule has 0 fully saturated rings. The van der Waals surface area contributed by atoms with Gasteiger partial charge in [0, 0.05) is 18.1 Å². The maximum atomic E-state index is 4.46. The summed E-state index contributed by atoms with van der Waals surface area (Å²) in [6, 6.07) is 16.9. The Balaban J connectivity index is 1.85. The summed E-state index contributed by atoms with van der Waals surface area (Å²) in [6.45, 7) is 5.11. The van der Waals surface area contributed by atoms with Crippen molar-refractivity contribution in [1.29, 1.82) is 0 Å². The second-order valence-corrected chi connectivity index (χ2v) is 5.15. The number of aryl methyl sites for hydroxylation is 2. The first kappa shape index (κ1) is 12.7. The van der Waals surface area contributed by atoms with Crippen LogP contribution in [0, 0.1) is 13.8 Å². The van der Waals surface area contributed by atoms with E-state index in [4.69, 9.17) is 0 Å². The first-order chi connectivity index (χ1) is 9.74. The van der Waals surface area contributed by atoms with Gasteiger partial charge in [-0.05, 0) is 42.7 Å². The molecule has 20 heavy (non-hydrogen) atoms. The molecule has 0 aliphatic heterocycles.